The van der Waals surface area contributed by atoms with E-state index in [2.05, 4.69) is 15.2 Å². The lowest BCUT2D eigenvalue weighted by molar-refractivity contribution is -0.141. The molecular formula is C6H6F3N3O2. The van der Waals surface area contributed by atoms with Gasteiger partial charge < -0.3 is 10.1 Å². The van der Waals surface area contributed by atoms with Crippen LogP contribution in [-0.2, 0) is 6.18 Å². The molecule has 0 aliphatic heterocycles. The summed E-state index contributed by atoms with van der Waals surface area (Å²) in [5.74, 6) is -0.434. The zero-order chi connectivity index (χ0) is 10.8. The van der Waals surface area contributed by atoms with E-state index < -0.39 is 23.8 Å². The van der Waals surface area contributed by atoms with Gasteiger partial charge >= 0.3 is 12.3 Å². The molecule has 1 aromatic rings. The highest BCUT2D eigenvalue weighted by Gasteiger charge is 2.33. The fourth-order valence-electron chi connectivity index (χ4n) is 0.647. The highest BCUT2D eigenvalue weighted by molar-refractivity contribution is 5.69. The number of aromatic amines is 1. The second-order valence-electron chi connectivity index (χ2n) is 2.26. The van der Waals surface area contributed by atoms with E-state index >= 15 is 0 Å². The number of hydrogen-bond acceptors (Lipinski definition) is 3. The average Bonchev–Trinajstić information content (AvgIpc) is 2.51. The number of nitrogens with one attached hydrogen (secondary N) is 2. The Kier molecular flexibility index (Phi) is 2.63. The van der Waals surface area contributed by atoms with Gasteiger partial charge in [-0.15, -0.1) is 5.10 Å². The third kappa shape index (κ3) is 2.38. The zero-order valence-corrected chi connectivity index (χ0v) is 6.97. The number of carbonyl (C=O) groups is 1. The van der Waals surface area contributed by atoms with Crippen molar-refractivity contribution in [3.8, 4) is 5.88 Å². The van der Waals surface area contributed by atoms with Gasteiger partial charge in [-0.05, 0) is 0 Å². The fraction of sp³-hybridized carbons (Fsp3) is 0.333. The molecule has 14 heavy (non-hydrogen) atoms. The largest absolute Gasteiger partial charge is 0.432 e. The zero-order valence-electron chi connectivity index (χ0n) is 6.97. The van der Waals surface area contributed by atoms with Gasteiger partial charge in [0, 0.05) is 13.1 Å². The smallest absolute Gasteiger partial charge is 0.390 e. The van der Waals surface area contributed by atoms with Crippen molar-refractivity contribution < 1.29 is 22.7 Å². The Morgan fingerprint density at radius 2 is 2.29 bits per heavy atom. The molecule has 0 aliphatic rings. The predicted octanol–water partition coefficient (Wildman–Crippen LogP) is 1.15. The standard InChI is InChI=1S/C6H6F3N3O2/c1-10-5(13)14-4-2-3(11-12-4)6(7,8)9/h2H,1H3,(H,10,13)(H,11,12). The van der Waals surface area contributed by atoms with Gasteiger partial charge in [-0.2, -0.15) is 13.2 Å². The first-order chi connectivity index (χ1) is 6.43. The molecule has 0 saturated heterocycles. The van der Waals surface area contributed by atoms with Gasteiger partial charge in [-0.25, -0.2) is 4.79 Å². The SMILES string of the molecule is CNC(=O)Oc1cc(C(F)(F)F)[nH]n1. The molecule has 2 N–H and O–H groups in total. The first-order valence-corrected chi connectivity index (χ1v) is 3.45. The third-order valence-corrected chi connectivity index (χ3v) is 1.26. The molecule has 0 aromatic carbocycles. The number of carbonyl (C=O) groups excluding carboxylic acids is 1. The molecule has 0 saturated carbocycles. The maximum absolute atomic E-state index is 12.0. The molecule has 0 spiro atoms. The maximum atomic E-state index is 12.0. The summed E-state index contributed by atoms with van der Waals surface area (Å²) in [4.78, 5) is 10.6. The van der Waals surface area contributed by atoms with E-state index in [1.165, 1.54) is 7.05 Å². The minimum absolute atomic E-state index is 0.434. The number of ether oxygens (including phenoxy) is 1. The van der Waals surface area contributed by atoms with E-state index in [9.17, 15) is 18.0 Å². The van der Waals surface area contributed by atoms with Crippen LogP contribution in [0, 0.1) is 0 Å². The van der Waals surface area contributed by atoms with Gasteiger partial charge in [0.25, 0.3) is 0 Å². The van der Waals surface area contributed by atoms with Crippen LogP contribution in [0.2, 0.25) is 0 Å². The molecule has 0 unspecified atom stereocenters. The summed E-state index contributed by atoms with van der Waals surface area (Å²) in [5.41, 5.74) is -1.07. The van der Waals surface area contributed by atoms with Crippen LogP contribution in [0.4, 0.5) is 18.0 Å². The molecule has 78 valence electrons. The molecule has 8 heteroatoms. The fourth-order valence-corrected chi connectivity index (χ4v) is 0.647. The van der Waals surface area contributed by atoms with Gasteiger partial charge in [0.05, 0.1) is 0 Å². The summed E-state index contributed by atoms with van der Waals surface area (Å²) in [5, 5.41) is 6.90. The highest BCUT2D eigenvalue weighted by Crippen LogP contribution is 2.29. The van der Waals surface area contributed by atoms with Gasteiger partial charge in [0.2, 0.25) is 5.88 Å². The molecule has 0 atom stereocenters. The van der Waals surface area contributed by atoms with Gasteiger partial charge in [-0.3, -0.25) is 5.10 Å². The quantitative estimate of drug-likeness (QED) is 0.728. The number of alkyl halides is 3. The van der Waals surface area contributed by atoms with E-state index in [0.717, 1.165) is 0 Å². The van der Waals surface area contributed by atoms with Crippen molar-refractivity contribution in [2.24, 2.45) is 0 Å². The van der Waals surface area contributed by atoms with Crippen LogP contribution in [0.5, 0.6) is 5.88 Å². The molecule has 5 nitrogen and oxygen atoms in total. The van der Waals surface area contributed by atoms with Crippen LogP contribution in [-0.4, -0.2) is 23.3 Å². The summed E-state index contributed by atoms with van der Waals surface area (Å²) >= 11 is 0. The summed E-state index contributed by atoms with van der Waals surface area (Å²) in [6.45, 7) is 0. The van der Waals surface area contributed by atoms with Crippen molar-refractivity contribution in [1.82, 2.24) is 15.5 Å². The minimum atomic E-state index is -4.53. The first kappa shape index (κ1) is 10.4. The van der Waals surface area contributed by atoms with E-state index in [-0.39, 0.29) is 0 Å². The number of H-pyrrole nitrogens is 1. The second kappa shape index (κ2) is 3.56. The minimum Gasteiger partial charge on any atom is -0.390 e. The Balaban J connectivity index is 2.74. The number of aromatic nitrogens is 2. The molecule has 0 aliphatic carbocycles. The predicted molar refractivity (Wildman–Crippen MR) is 38.7 cm³/mol. The summed E-state index contributed by atoms with van der Waals surface area (Å²) in [6, 6.07) is 0.592. The lowest BCUT2D eigenvalue weighted by Crippen LogP contribution is -2.22. The Hall–Kier alpha value is -1.73. The molecule has 1 heterocycles. The molecule has 0 fully saturated rings. The molecular weight excluding hydrogens is 203 g/mol. The van der Waals surface area contributed by atoms with Crippen molar-refractivity contribution in [1.29, 1.82) is 0 Å². The summed E-state index contributed by atoms with van der Waals surface area (Å²) in [6.07, 6.45) is -5.41. The number of halogens is 3. The Labute approximate surface area is 76.2 Å². The van der Waals surface area contributed by atoms with Crippen LogP contribution in [0.3, 0.4) is 0 Å². The Morgan fingerprint density at radius 1 is 1.64 bits per heavy atom. The van der Waals surface area contributed by atoms with Crippen molar-refractivity contribution in [3.05, 3.63) is 11.8 Å². The van der Waals surface area contributed by atoms with Gasteiger partial charge in [-0.1, -0.05) is 0 Å². The van der Waals surface area contributed by atoms with Gasteiger partial charge in [0.15, 0.2) is 0 Å². The number of nitrogens with zero attached hydrogens (tertiary/aromatic N) is 1. The highest BCUT2D eigenvalue weighted by atomic mass is 19.4. The maximum Gasteiger partial charge on any atom is 0.432 e. The van der Waals surface area contributed by atoms with Crippen molar-refractivity contribution >= 4 is 6.09 Å². The van der Waals surface area contributed by atoms with Crippen LogP contribution >= 0.6 is 0 Å². The molecule has 1 rings (SSSR count). The summed E-state index contributed by atoms with van der Waals surface area (Å²) < 4.78 is 40.3. The first-order valence-electron chi connectivity index (χ1n) is 3.45. The van der Waals surface area contributed by atoms with Crippen LogP contribution in [0.1, 0.15) is 5.69 Å². The van der Waals surface area contributed by atoms with Crippen LogP contribution in [0.15, 0.2) is 6.07 Å². The number of amides is 1. The Bertz CT molecular complexity index is 333. The normalized spacial score (nSPS) is 11.1. The summed E-state index contributed by atoms with van der Waals surface area (Å²) in [7, 11) is 1.28. The van der Waals surface area contributed by atoms with Crippen molar-refractivity contribution in [2.75, 3.05) is 7.05 Å². The van der Waals surface area contributed by atoms with E-state index in [4.69, 9.17) is 0 Å². The number of hydrogen-bond donors (Lipinski definition) is 2. The Morgan fingerprint density at radius 3 is 2.71 bits per heavy atom. The second-order valence-corrected chi connectivity index (χ2v) is 2.26. The molecule has 1 aromatic heterocycles. The topological polar surface area (TPSA) is 67.0 Å². The molecule has 0 bridgehead atoms. The molecule has 1 amide bonds. The van der Waals surface area contributed by atoms with E-state index in [1.54, 1.807) is 5.10 Å². The van der Waals surface area contributed by atoms with Gasteiger partial charge in [0.1, 0.15) is 5.69 Å². The van der Waals surface area contributed by atoms with Crippen LogP contribution in [0.25, 0.3) is 0 Å². The van der Waals surface area contributed by atoms with Crippen molar-refractivity contribution in [3.63, 3.8) is 0 Å². The average molecular weight is 209 g/mol. The van der Waals surface area contributed by atoms with E-state index in [1.807, 2.05) is 0 Å². The molecule has 0 radical (unpaired) electrons. The van der Waals surface area contributed by atoms with E-state index in [0.29, 0.717) is 6.07 Å². The monoisotopic (exact) mass is 209 g/mol. The lowest BCUT2D eigenvalue weighted by atomic mass is 10.4. The van der Waals surface area contributed by atoms with Crippen LogP contribution < -0.4 is 10.1 Å². The number of rotatable bonds is 1. The third-order valence-electron chi connectivity index (χ3n) is 1.26. The van der Waals surface area contributed by atoms with Crippen molar-refractivity contribution in [2.45, 2.75) is 6.18 Å². The lowest BCUT2D eigenvalue weighted by Gasteiger charge is -1.99.